The third-order valence-electron chi connectivity index (χ3n) is 2.35. The van der Waals surface area contributed by atoms with Gasteiger partial charge in [0.25, 0.3) is 15.9 Å². The molecular formula is C11H9BrClN3O3S2. The van der Waals surface area contributed by atoms with Crippen molar-refractivity contribution >= 4 is 56.0 Å². The Balaban J connectivity index is 2.45. The van der Waals surface area contributed by atoms with Crippen LogP contribution in [0.4, 0.5) is 5.82 Å². The van der Waals surface area contributed by atoms with Crippen LogP contribution in [0.25, 0.3) is 0 Å². The predicted octanol–water partition coefficient (Wildman–Crippen LogP) is 2.99. The molecule has 0 radical (unpaired) electrons. The van der Waals surface area contributed by atoms with Gasteiger partial charge in [-0.3, -0.25) is 4.72 Å². The lowest BCUT2D eigenvalue weighted by atomic mass is 10.4. The number of halogens is 2. The van der Waals surface area contributed by atoms with E-state index in [9.17, 15) is 8.42 Å². The zero-order valence-corrected chi connectivity index (χ0v) is 14.6. The monoisotopic (exact) mass is 409 g/mol. The zero-order chi connectivity index (χ0) is 15.6. The van der Waals surface area contributed by atoms with Gasteiger partial charge in [0.2, 0.25) is 5.82 Å². The second-order valence-electron chi connectivity index (χ2n) is 3.77. The molecule has 21 heavy (non-hydrogen) atoms. The first kappa shape index (κ1) is 16.3. The number of nitrogens with one attached hydrogen (secondary N) is 1. The van der Waals surface area contributed by atoms with Crippen molar-refractivity contribution in [3.8, 4) is 5.88 Å². The summed E-state index contributed by atoms with van der Waals surface area (Å²) in [4.78, 5) is 8.00. The van der Waals surface area contributed by atoms with E-state index in [0.717, 1.165) is 0 Å². The van der Waals surface area contributed by atoms with Crippen molar-refractivity contribution in [2.45, 2.75) is 9.79 Å². The van der Waals surface area contributed by atoms with Crippen molar-refractivity contribution in [3.63, 3.8) is 0 Å². The lowest BCUT2D eigenvalue weighted by molar-refractivity contribution is 0.398. The highest BCUT2D eigenvalue weighted by atomic mass is 79.9. The number of nitrogens with zero attached hydrogens (tertiary/aromatic N) is 2. The number of sulfonamides is 1. The van der Waals surface area contributed by atoms with Gasteiger partial charge in [-0.05, 0) is 18.2 Å². The summed E-state index contributed by atoms with van der Waals surface area (Å²) < 4.78 is 32.6. The number of rotatable bonds is 4. The molecule has 1 aromatic carbocycles. The highest BCUT2D eigenvalue weighted by Crippen LogP contribution is 2.28. The van der Waals surface area contributed by atoms with E-state index < -0.39 is 10.0 Å². The van der Waals surface area contributed by atoms with Gasteiger partial charge in [-0.2, -0.15) is 4.98 Å². The molecule has 0 fully saturated rings. The minimum atomic E-state index is -3.89. The maximum absolute atomic E-state index is 12.4. The summed E-state index contributed by atoms with van der Waals surface area (Å²) >= 11 is 13.0. The third-order valence-corrected chi connectivity index (χ3v) is 4.94. The topological polar surface area (TPSA) is 81.2 Å². The average Bonchev–Trinajstić information content (AvgIpc) is 2.43. The summed E-state index contributed by atoms with van der Waals surface area (Å²) in [5.74, 6) is -0.0867. The summed E-state index contributed by atoms with van der Waals surface area (Å²) in [7, 11) is -2.56. The molecule has 6 nitrogen and oxygen atoms in total. The quantitative estimate of drug-likeness (QED) is 0.757. The minimum Gasteiger partial charge on any atom is -0.478 e. The van der Waals surface area contributed by atoms with Crippen LogP contribution in [-0.2, 0) is 10.0 Å². The van der Waals surface area contributed by atoms with Crippen LogP contribution in [0.2, 0.25) is 5.15 Å². The maximum Gasteiger partial charge on any atom is 0.264 e. The SMILES string of the molecule is COc1nc(Cl)cnc1NS(=O)(=O)c1cc(Br)ccc1S. The molecule has 0 aliphatic heterocycles. The number of hydrogen-bond acceptors (Lipinski definition) is 6. The van der Waals surface area contributed by atoms with Crippen LogP contribution in [0.3, 0.4) is 0 Å². The van der Waals surface area contributed by atoms with E-state index in [4.69, 9.17) is 16.3 Å². The van der Waals surface area contributed by atoms with E-state index in [-0.39, 0.29) is 21.7 Å². The predicted molar refractivity (Wildman–Crippen MR) is 85.8 cm³/mol. The van der Waals surface area contributed by atoms with Gasteiger partial charge in [0.05, 0.1) is 13.3 Å². The van der Waals surface area contributed by atoms with Crippen LogP contribution in [0, 0.1) is 0 Å². The first-order valence-corrected chi connectivity index (χ1v) is 8.51. The van der Waals surface area contributed by atoms with Gasteiger partial charge in [-0.25, -0.2) is 13.4 Å². The molecular weight excluding hydrogens is 402 g/mol. The molecule has 0 atom stereocenters. The molecule has 1 heterocycles. The average molecular weight is 411 g/mol. The summed E-state index contributed by atoms with van der Waals surface area (Å²) in [5, 5.41) is 0.0899. The molecule has 2 rings (SSSR count). The standard InChI is InChI=1S/C11H9BrClN3O3S2/c1-19-11-10(14-5-9(13)15-11)16-21(17,18)8-4-6(12)2-3-7(8)20/h2-5,20H,1H3,(H,14,16). The van der Waals surface area contributed by atoms with Crippen molar-refractivity contribution in [3.05, 3.63) is 34.0 Å². The Labute approximate surface area is 140 Å². The van der Waals surface area contributed by atoms with Crippen molar-refractivity contribution in [1.29, 1.82) is 0 Å². The maximum atomic E-state index is 12.4. The molecule has 2 aromatic rings. The van der Waals surface area contributed by atoms with Crippen molar-refractivity contribution in [1.82, 2.24) is 9.97 Å². The minimum absolute atomic E-state index is 0.000915. The van der Waals surface area contributed by atoms with Gasteiger partial charge in [-0.1, -0.05) is 27.5 Å². The molecule has 0 saturated carbocycles. The van der Waals surface area contributed by atoms with Gasteiger partial charge >= 0.3 is 0 Å². The van der Waals surface area contributed by atoms with E-state index >= 15 is 0 Å². The largest absolute Gasteiger partial charge is 0.478 e. The normalized spacial score (nSPS) is 11.2. The lowest BCUT2D eigenvalue weighted by Gasteiger charge is -2.11. The fourth-order valence-corrected chi connectivity index (χ4v) is 3.72. The van der Waals surface area contributed by atoms with Crippen LogP contribution >= 0.6 is 40.2 Å². The van der Waals surface area contributed by atoms with Gasteiger partial charge < -0.3 is 4.74 Å². The summed E-state index contributed by atoms with van der Waals surface area (Å²) in [6, 6.07) is 4.68. The Bertz CT molecular complexity index is 786. The lowest BCUT2D eigenvalue weighted by Crippen LogP contribution is -2.15. The Kier molecular flexibility index (Phi) is 4.97. The van der Waals surface area contributed by atoms with E-state index in [1.165, 1.54) is 19.4 Å². The molecule has 0 amide bonds. The fraction of sp³-hybridized carbons (Fsp3) is 0.0909. The van der Waals surface area contributed by atoms with E-state index in [1.807, 2.05) is 0 Å². The Morgan fingerprint density at radius 1 is 1.43 bits per heavy atom. The first-order valence-electron chi connectivity index (χ1n) is 5.41. The summed E-state index contributed by atoms with van der Waals surface area (Å²) in [6.07, 6.45) is 1.21. The van der Waals surface area contributed by atoms with Crippen LogP contribution < -0.4 is 9.46 Å². The molecule has 10 heteroatoms. The Morgan fingerprint density at radius 2 is 2.14 bits per heavy atom. The smallest absolute Gasteiger partial charge is 0.264 e. The molecule has 112 valence electrons. The number of anilines is 1. The van der Waals surface area contributed by atoms with E-state index in [1.54, 1.807) is 12.1 Å². The number of thiol groups is 1. The van der Waals surface area contributed by atoms with Crippen LogP contribution in [0.15, 0.2) is 38.7 Å². The highest BCUT2D eigenvalue weighted by Gasteiger charge is 2.21. The fourth-order valence-electron chi connectivity index (χ4n) is 1.45. The summed E-state index contributed by atoms with van der Waals surface area (Å²) in [5.41, 5.74) is 0. The number of benzene rings is 1. The molecule has 0 bridgehead atoms. The van der Waals surface area contributed by atoms with Crippen molar-refractivity contribution in [2.24, 2.45) is 0 Å². The van der Waals surface area contributed by atoms with E-state index in [2.05, 4.69) is 43.2 Å². The van der Waals surface area contributed by atoms with Crippen LogP contribution in [0.1, 0.15) is 0 Å². The molecule has 1 aromatic heterocycles. The molecule has 0 saturated heterocycles. The van der Waals surface area contributed by atoms with Gasteiger partial charge in [0.1, 0.15) is 4.90 Å². The van der Waals surface area contributed by atoms with Gasteiger partial charge in [-0.15, -0.1) is 12.6 Å². The second-order valence-corrected chi connectivity index (χ2v) is 7.20. The summed E-state index contributed by atoms with van der Waals surface area (Å²) in [6.45, 7) is 0. The Morgan fingerprint density at radius 3 is 2.81 bits per heavy atom. The Hall–Kier alpha value is -1.03. The van der Waals surface area contributed by atoms with Crippen molar-refractivity contribution < 1.29 is 13.2 Å². The van der Waals surface area contributed by atoms with Gasteiger partial charge in [0.15, 0.2) is 5.15 Å². The molecule has 0 aliphatic rings. The second kappa shape index (κ2) is 6.39. The molecule has 1 N–H and O–H groups in total. The van der Waals surface area contributed by atoms with Gasteiger partial charge in [0, 0.05) is 9.37 Å². The van der Waals surface area contributed by atoms with Crippen molar-refractivity contribution in [2.75, 3.05) is 11.8 Å². The molecule has 0 aliphatic carbocycles. The number of ether oxygens (including phenoxy) is 1. The zero-order valence-electron chi connectivity index (χ0n) is 10.5. The van der Waals surface area contributed by atoms with Crippen LogP contribution in [0.5, 0.6) is 5.88 Å². The molecule has 0 spiro atoms. The number of methoxy groups -OCH3 is 1. The van der Waals surface area contributed by atoms with E-state index in [0.29, 0.717) is 9.37 Å². The molecule has 0 unspecified atom stereocenters. The third kappa shape index (κ3) is 3.79. The number of hydrogen-bond donors (Lipinski definition) is 2. The van der Waals surface area contributed by atoms with Crippen LogP contribution in [-0.4, -0.2) is 25.5 Å². The first-order chi connectivity index (χ1) is 9.83. The highest BCUT2D eigenvalue weighted by molar-refractivity contribution is 9.10. The number of aromatic nitrogens is 2.